The van der Waals surface area contributed by atoms with Crippen LogP contribution >= 0.6 is 23.2 Å². The summed E-state index contributed by atoms with van der Waals surface area (Å²) in [6, 6.07) is 10.6. The number of ether oxygens (including phenoxy) is 2. The molecule has 0 aromatic heterocycles. The third kappa shape index (κ3) is 2.98. The summed E-state index contributed by atoms with van der Waals surface area (Å²) in [5.41, 5.74) is 6.97. The van der Waals surface area contributed by atoms with Crippen LogP contribution in [0, 0.1) is 0 Å². The Balaban J connectivity index is 1.73. The van der Waals surface area contributed by atoms with Crippen LogP contribution in [-0.2, 0) is 11.4 Å². The topological polar surface area (TPSA) is 61.6 Å². The smallest absolute Gasteiger partial charge is 0.228 e. The van der Waals surface area contributed by atoms with Gasteiger partial charge in [-0.3, -0.25) is 4.79 Å². The van der Waals surface area contributed by atoms with Crippen LogP contribution in [0.4, 0.5) is 0 Å². The van der Waals surface area contributed by atoms with Crippen molar-refractivity contribution < 1.29 is 14.3 Å². The predicted molar refractivity (Wildman–Crippen MR) is 84.7 cm³/mol. The monoisotopic (exact) mass is 337 g/mol. The zero-order valence-corrected chi connectivity index (χ0v) is 13.0. The molecule has 0 fully saturated rings. The molecular weight excluding hydrogens is 325 g/mol. The molecule has 2 aromatic carbocycles. The number of carbonyl (C=O) groups is 1. The van der Waals surface area contributed by atoms with Crippen molar-refractivity contribution in [3.8, 4) is 11.5 Å². The first-order valence-electron chi connectivity index (χ1n) is 6.67. The summed E-state index contributed by atoms with van der Waals surface area (Å²) in [7, 11) is 0. The van der Waals surface area contributed by atoms with Crippen molar-refractivity contribution in [2.24, 2.45) is 5.73 Å². The van der Waals surface area contributed by atoms with Gasteiger partial charge in [0.05, 0.1) is 0 Å². The minimum atomic E-state index is -0.394. The highest BCUT2D eigenvalue weighted by atomic mass is 35.5. The maximum Gasteiger partial charge on any atom is 0.228 e. The van der Waals surface area contributed by atoms with E-state index in [-0.39, 0.29) is 12.5 Å². The number of halogens is 2. The number of fused-ring (bicyclic) bond motifs is 1. The van der Waals surface area contributed by atoms with Crippen molar-refractivity contribution in [3.63, 3.8) is 0 Å². The Hall–Kier alpha value is -1.91. The third-order valence-corrected chi connectivity index (χ3v) is 4.11. The van der Waals surface area contributed by atoms with Gasteiger partial charge in [-0.1, -0.05) is 35.3 Å². The van der Waals surface area contributed by atoms with Gasteiger partial charge in [-0.05, 0) is 18.2 Å². The van der Waals surface area contributed by atoms with Crippen molar-refractivity contribution >= 4 is 29.1 Å². The van der Waals surface area contributed by atoms with Gasteiger partial charge < -0.3 is 15.2 Å². The summed E-state index contributed by atoms with van der Waals surface area (Å²) in [4.78, 5) is 11.3. The minimum Gasteiger partial charge on any atom is -0.492 e. The first-order valence-corrected chi connectivity index (χ1v) is 7.43. The van der Waals surface area contributed by atoms with Crippen LogP contribution in [0.1, 0.15) is 17.0 Å². The number of hydrogen-bond acceptors (Lipinski definition) is 3. The van der Waals surface area contributed by atoms with Crippen LogP contribution in [0.15, 0.2) is 36.4 Å². The van der Waals surface area contributed by atoms with E-state index in [1.165, 1.54) is 0 Å². The van der Waals surface area contributed by atoms with Gasteiger partial charge >= 0.3 is 0 Å². The quantitative estimate of drug-likeness (QED) is 0.928. The Kier molecular flexibility index (Phi) is 4.14. The molecule has 0 saturated heterocycles. The second-order valence-corrected chi connectivity index (χ2v) is 5.83. The van der Waals surface area contributed by atoms with E-state index in [0.717, 1.165) is 11.1 Å². The van der Waals surface area contributed by atoms with E-state index in [9.17, 15) is 4.79 Å². The molecule has 0 spiro atoms. The summed E-state index contributed by atoms with van der Waals surface area (Å²) in [6.07, 6.45) is 0. The number of hydrogen-bond donors (Lipinski definition) is 1. The average Bonchev–Trinajstić information content (AvgIpc) is 2.89. The summed E-state index contributed by atoms with van der Waals surface area (Å²) < 4.78 is 11.2. The second-order valence-electron chi connectivity index (χ2n) is 4.99. The minimum absolute atomic E-state index is 0.275. The van der Waals surface area contributed by atoms with E-state index in [4.69, 9.17) is 38.4 Å². The molecule has 1 unspecified atom stereocenters. The van der Waals surface area contributed by atoms with E-state index < -0.39 is 5.92 Å². The Morgan fingerprint density at radius 3 is 2.82 bits per heavy atom. The van der Waals surface area contributed by atoms with Crippen LogP contribution < -0.4 is 15.2 Å². The Morgan fingerprint density at radius 2 is 2.09 bits per heavy atom. The molecule has 0 aliphatic carbocycles. The SMILES string of the molecule is NC(=O)C1COc2cc(OCc3ccc(Cl)cc3Cl)ccc21. The standard InChI is InChI=1S/C16H13Cl2NO3/c17-10-2-1-9(14(18)5-10)7-21-11-3-4-12-13(16(19)20)8-22-15(12)6-11/h1-6,13H,7-8H2,(H2,19,20). The van der Waals surface area contributed by atoms with Gasteiger partial charge in [0.15, 0.2) is 0 Å². The van der Waals surface area contributed by atoms with Crippen LogP contribution in [0.3, 0.4) is 0 Å². The van der Waals surface area contributed by atoms with Crippen molar-refractivity contribution in [3.05, 3.63) is 57.6 Å². The van der Waals surface area contributed by atoms with Crippen LogP contribution in [0.2, 0.25) is 10.0 Å². The predicted octanol–water partition coefficient (Wildman–Crippen LogP) is 3.53. The van der Waals surface area contributed by atoms with Crippen LogP contribution in [0.5, 0.6) is 11.5 Å². The number of carbonyl (C=O) groups excluding carboxylic acids is 1. The molecule has 114 valence electrons. The Labute approximate surface area is 137 Å². The first-order chi connectivity index (χ1) is 10.5. The van der Waals surface area contributed by atoms with E-state index in [0.29, 0.717) is 28.2 Å². The molecule has 1 amide bonds. The molecule has 0 radical (unpaired) electrons. The van der Waals surface area contributed by atoms with Gasteiger partial charge in [-0.2, -0.15) is 0 Å². The van der Waals surface area contributed by atoms with Crippen LogP contribution in [0.25, 0.3) is 0 Å². The van der Waals surface area contributed by atoms with Crippen molar-refractivity contribution in [1.82, 2.24) is 0 Å². The summed E-state index contributed by atoms with van der Waals surface area (Å²) in [5, 5.41) is 1.14. The zero-order chi connectivity index (χ0) is 15.7. The molecule has 0 saturated carbocycles. The number of rotatable bonds is 4. The maximum absolute atomic E-state index is 11.3. The molecule has 1 aliphatic rings. The second kappa shape index (κ2) is 6.07. The normalized spacial score (nSPS) is 16.0. The van der Waals surface area contributed by atoms with Crippen molar-refractivity contribution in [2.75, 3.05) is 6.61 Å². The molecule has 1 heterocycles. The highest BCUT2D eigenvalue weighted by Crippen LogP contribution is 2.36. The van der Waals surface area contributed by atoms with E-state index in [1.807, 2.05) is 6.07 Å². The molecule has 4 nitrogen and oxygen atoms in total. The average molecular weight is 338 g/mol. The fourth-order valence-corrected chi connectivity index (χ4v) is 2.78. The molecule has 2 N–H and O–H groups in total. The van der Waals surface area contributed by atoms with Gasteiger partial charge in [0.1, 0.15) is 30.6 Å². The molecule has 22 heavy (non-hydrogen) atoms. The number of amides is 1. The molecular formula is C16H13Cl2NO3. The third-order valence-electron chi connectivity index (χ3n) is 3.52. The fourth-order valence-electron chi connectivity index (χ4n) is 2.32. The lowest BCUT2D eigenvalue weighted by atomic mass is 10.0. The Bertz CT molecular complexity index is 733. The lowest BCUT2D eigenvalue weighted by Gasteiger charge is -2.09. The van der Waals surface area contributed by atoms with E-state index in [1.54, 1.807) is 30.3 Å². The molecule has 0 bridgehead atoms. The first kappa shape index (κ1) is 15.0. The van der Waals surface area contributed by atoms with E-state index in [2.05, 4.69) is 0 Å². The highest BCUT2D eigenvalue weighted by molar-refractivity contribution is 6.35. The van der Waals surface area contributed by atoms with Crippen molar-refractivity contribution in [2.45, 2.75) is 12.5 Å². The molecule has 2 aromatic rings. The van der Waals surface area contributed by atoms with E-state index >= 15 is 0 Å². The number of benzene rings is 2. The number of nitrogens with two attached hydrogens (primary N) is 1. The lowest BCUT2D eigenvalue weighted by Crippen LogP contribution is -2.22. The molecule has 3 rings (SSSR count). The summed E-state index contributed by atoms with van der Waals surface area (Å²) in [5.74, 6) is 0.480. The van der Waals surface area contributed by atoms with Gasteiger partial charge in [-0.15, -0.1) is 0 Å². The number of primary amides is 1. The van der Waals surface area contributed by atoms with Gasteiger partial charge in [0.25, 0.3) is 0 Å². The molecule has 6 heteroatoms. The van der Waals surface area contributed by atoms with Crippen LogP contribution in [-0.4, -0.2) is 12.5 Å². The highest BCUT2D eigenvalue weighted by Gasteiger charge is 2.28. The molecule has 1 aliphatic heterocycles. The Morgan fingerprint density at radius 1 is 1.27 bits per heavy atom. The zero-order valence-electron chi connectivity index (χ0n) is 11.5. The van der Waals surface area contributed by atoms with Crippen molar-refractivity contribution in [1.29, 1.82) is 0 Å². The lowest BCUT2D eigenvalue weighted by molar-refractivity contribution is -0.119. The molecule has 1 atom stereocenters. The maximum atomic E-state index is 11.3. The summed E-state index contributed by atoms with van der Waals surface area (Å²) in [6.45, 7) is 0.588. The van der Waals surface area contributed by atoms with Gasteiger partial charge in [0.2, 0.25) is 5.91 Å². The fraction of sp³-hybridized carbons (Fsp3) is 0.188. The summed E-state index contributed by atoms with van der Waals surface area (Å²) >= 11 is 12.0. The van der Waals surface area contributed by atoms with Gasteiger partial charge in [0, 0.05) is 27.2 Å². The largest absolute Gasteiger partial charge is 0.492 e. The van der Waals surface area contributed by atoms with Gasteiger partial charge in [-0.25, -0.2) is 0 Å².